The summed E-state index contributed by atoms with van der Waals surface area (Å²) in [5, 5.41) is 11.9. The van der Waals surface area contributed by atoms with Crippen LogP contribution in [0, 0.1) is 3.57 Å². The van der Waals surface area contributed by atoms with Gasteiger partial charge in [-0.25, -0.2) is 0 Å². The second kappa shape index (κ2) is 7.18. The number of hydrogen-bond donors (Lipinski definition) is 2. The standard InChI is InChI=1S/C13H17IN2O3/c14-10-2-1-3-11(6-10)15-13(18)8-16-4-5-19-12(7-16)9-17/h1-3,6,12,17H,4-5,7-9H2,(H,15,18). The van der Waals surface area contributed by atoms with Crippen molar-refractivity contribution in [2.75, 3.05) is 38.2 Å². The van der Waals surface area contributed by atoms with Crippen molar-refractivity contribution in [1.29, 1.82) is 0 Å². The second-order valence-corrected chi connectivity index (χ2v) is 5.71. The van der Waals surface area contributed by atoms with Crippen LogP contribution in [0.15, 0.2) is 24.3 Å². The van der Waals surface area contributed by atoms with Crippen LogP contribution in [0.1, 0.15) is 0 Å². The lowest BCUT2D eigenvalue weighted by molar-refractivity contribution is -0.120. The van der Waals surface area contributed by atoms with E-state index in [9.17, 15) is 4.79 Å². The summed E-state index contributed by atoms with van der Waals surface area (Å²) in [4.78, 5) is 13.9. The Bertz CT molecular complexity index is 442. The van der Waals surface area contributed by atoms with Crippen LogP contribution in [0.5, 0.6) is 0 Å². The zero-order valence-electron chi connectivity index (χ0n) is 10.5. The fourth-order valence-electron chi connectivity index (χ4n) is 2.00. The molecule has 6 heteroatoms. The van der Waals surface area contributed by atoms with Crippen LogP contribution in [0.3, 0.4) is 0 Å². The average molecular weight is 376 g/mol. The monoisotopic (exact) mass is 376 g/mol. The minimum Gasteiger partial charge on any atom is -0.394 e. The molecule has 1 aromatic rings. The molecule has 0 saturated carbocycles. The predicted octanol–water partition coefficient (Wildman–Crippen LogP) is 0.923. The van der Waals surface area contributed by atoms with Gasteiger partial charge in [-0.15, -0.1) is 0 Å². The fraction of sp³-hybridized carbons (Fsp3) is 0.462. The zero-order chi connectivity index (χ0) is 13.7. The third-order valence-electron chi connectivity index (χ3n) is 2.90. The largest absolute Gasteiger partial charge is 0.394 e. The molecule has 1 amide bonds. The highest BCUT2D eigenvalue weighted by molar-refractivity contribution is 14.1. The highest BCUT2D eigenvalue weighted by atomic mass is 127. The van der Waals surface area contributed by atoms with Crippen LogP contribution >= 0.6 is 22.6 Å². The van der Waals surface area contributed by atoms with Crippen LogP contribution in [0.2, 0.25) is 0 Å². The van der Waals surface area contributed by atoms with Gasteiger partial charge in [0.05, 0.1) is 25.9 Å². The maximum atomic E-state index is 11.9. The maximum Gasteiger partial charge on any atom is 0.238 e. The van der Waals surface area contributed by atoms with Gasteiger partial charge < -0.3 is 15.2 Å². The van der Waals surface area contributed by atoms with Gasteiger partial charge in [-0.2, -0.15) is 0 Å². The normalized spacial score (nSPS) is 20.2. The number of aliphatic hydroxyl groups excluding tert-OH is 1. The van der Waals surface area contributed by atoms with Gasteiger partial charge in [0.15, 0.2) is 0 Å². The van der Waals surface area contributed by atoms with Gasteiger partial charge in [-0.3, -0.25) is 9.69 Å². The molecule has 0 bridgehead atoms. The molecular weight excluding hydrogens is 359 g/mol. The van der Waals surface area contributed by atoms with E-state index in [0.717, 1.165) is 15.8 Å². The minimum absolute atomic E-state index is 0.00496. The number of morpholine rings is 1. The van der Waals surface area contributed by atoms with Gasteiger partial charge in [0, 0.05) is 22.3 Å². The molecule has 0 aromatic heterocycles. The van der Waals surface area contributed by atoms with E-state index in [4.69, 9.17) is 9.84 Å². The Morgan fingerprint density at radius 2 is 2.42 bits per heavy atom. The molecule has 1 heterocycles. The molecule has 19 heavy (non-hydrogen) atoms. The Morgan fingerprint density at radius 3 is 3.16 bits per heavy atom. The van der Waals surface area contributed by atoms with Gasteiger partial charge in [0.2, 0.25) is 5.91 Å². The number of carbonyl (C=O) groups excluding carboxylic acids is 1. The summed E-state index contributed by atoms with van der Waals surface area (Å²) in [5.74, 6) is -0.0411. The van der Waals surface area contributed by atoms with Crippen LogP contribution < -0.4 is 5.32 Å². The Balaban J connectivity index is 1.84. The molecular formula is C13H17IN2O3. The van der Waals surface area contributed by atoms with Gasteiger partial charge in [-0.1, -0.05) is 6.07 Å². The number of benzene rings is 1. The summed E-state index contributed by atoms with van der Waals surface area (Å²) in [6, 6.07) is 7.68. The van der Waals surface area contributed by atoms with Crippen molar-refractivity contribution in [2.24, 2.45) is 0 Å². The Kier molecular flexibility index (Phi) is 5.56. The number of rotatable bonds is 4. The highest BCUT2D eigenvalue weighted by Crippen LogP contribution is 2.12. The number of anilines is 1. The molecule has 0 aliphatic carbocycles. The molecule has 1 aliphatic rings. The smallest absolute Gasteiger partial charge is 0.238 e. The van der Waals surface area contributed by atoms with Crippen molar-refractivity contribution in [1.82, 2.24) is 4.90 Å². The topological polar surface area (TPSA) is 61.8 Å². The number of nitrogens with zero attached hydrogens (tertiary/aromatic N) is 1. The van der Waals surface area contributed by atoms with Crippen LogP contribution in [0.25, 0.3) is 0 Å². The average Bonchev–Trinajstić information content (AvgIpc) is 2.38. The van der Waals surface area contributed by atoms with Crippen molar-refractivity contribution in [3.8, 4) is 0 Å². The number of halogens is 1. The van der Waals surface area contributed by atoms with Crippen LogP contribution in [0.4, 0.5) is 5.69 Å². The lowest BCUT2D eigenvalue weighted by Crippen LogP contribution is -2.46. The number of aliphatic hydroxyl groups is 1. The quantitative estimate of drug-likeness (QED) is 0.768. The molecule has 104 valence electrons. The van der Waals surface area contributed by atoms with Crippen LogP contribution in [-0.2, 0) is 9.53 Å². The van der Waals surface area contributed by atoms with Crippen molar-refractivity contribution in [3.05, 3.63) is 27.8 Å². The maximum absolute atomic E-state index is 11.9. The molecule has 1 aromatic carbocycles. The lowest BCUT2D eigenvalue weighted by atomic mass is 10.2. The Morgan fingerprint density at radius 1 is 1.58 bits per heavy atom. The van der Waals surface area contributed by atoms with Gasteiger partial charge in [0.1, 0.15) is 0 Å². The zero-order valence-corrected chi connectivity index (χ0v) is 12.7. The summed E-state index contributed by atoms with van der Waals surface area (Å²) in [5.41, 5.74) is 0.809. The van der Waals surface area contributed by atoms with E-state index in [1.807, 2.05) is 29.2 Å². The molecule has 1 fully saturated rings. The minimum atomic E-state index is -0.181. The first-order valence-corrected chi connectivity index (χ1v) is 7.25. The Hall–Kier alpha value is -0.700. The van der Waals surface area contributed by atoms with Crippen molar-refractivity contribution in [2.45, 2.75) is 6.10 Å². The van der Waals surface area contributed by atoms with E-state index in [2.05, 4.69) is 27.9 Å². The molecule has 1 unspecified atom stereocenters. The van der Waals surface area contributed by atoms with E-state index in [0.29, 0.717) is 19.7 Å². The lowest BCUT2D eigenvalue weighted by Gasteiger charge is -2.31. The molecule has 0 radical (unpaired) electrons. The van der Waals surface area contributed by atoms with Gasteiger partial charge in [-0.05, 0) is 40.8 Å². The molecule has 1 atom stereocenters. The van der Waals surface area contributed by atoms with E-state index < -0.39 is 0 Å². The van der Waals surface area contributed by atoms with E-state index in [1.165, 1.54) is 0 Å². The predicted molar refractivity (Wildman–Crippen MR) is 81.1 cm³/mol. The van der Waals surface area contributed by atoms with E-state index in [-0.39, 0.29) is 18.6 Å². The molecule has 1 aliphatic heterocycles. The number of ether oxygens (including phenoxy) is 1. The molecule has 5 nitrogen and oxygen atoms in total. The molecule has 2 rings (SSSR count). The number of nitrogens with one attached hydrogen (secondary N) is 1. The second-order valence-electron chi connectivity index (χ2n) is 4.47. The summed E-state index contributed by atoms with van der Waals surface area (Å²) in [7, 11) is 0. The molecule has 0 spiro atoms. The third kappa shape index (κ3) is 4.72. The first kappa shape index (κ1) is 14.7. The first-order chi connectivity index (χ1) is 9.17. The Labute approximate surface area is 126 Å². The fourth-order valence-corrected chi connectivity index (χ4v) is 2.55. The number of hydrogen-bond acceptors (Lipinski definition) is 4. The summed E-state index contributed by atoms with van der Waals surface area (Å²) < 4.78 is 6.43. The summed E-state index contributed by atoms with van der Waals surface area (Å²) >= 11 is 2.21. The van der Waals surface area contributed by atoms with Gasteiger partial charge >= 0.3 is 0 Å². The third-order valence-corrected chi connectivity index (χ3v) is 3.57. The van der Waals surface area contributed by atoms with Crippen molar-refractivity contribution in [3.63, 3.8) is 0 Å². The molecule has 1 saturated heterocycles. The molecule has 2 N–H and O–H groups in total. The van der Waals surface area contributed by atoms with Gasteiger partial charge in [0.25, 0.3) is 0 Å². The summed E-state index contributed by atoms with van der Waals surface area (Å²) in [6.45, 7) is 2.19. The SMILES string of the molecule is O=C(CN1CCOC(CO)C1)Nc1cccc(I)c1. The van der Waals surface area contributed by atoms with Crippen molar-refractivity contribution >= 4 is 34.2 Å². The number of carbonyl (C=O) groups is 1. The number of amides is 1. The highest BCUT2D eigenvalue weighted by Gasteiger charge is 2.21. The summed E-state index contributed by atoms with van der Waals surface area (Å²) in [6.07, 6.45) is -0.181. The van der Waals surface area contributed by atoms with Crippen LogP contribution in [-0.4, -0.2) is 54.9 Å². The van der Waals surface area contributed by atoms with E-state index >= 15 is 0 Å². The van der Waals surface area contributed by atoms with E-state index in [1.54, 1.807) is 0 Å². The first-order valence-electron chi connectivity index (χ1n) is 6.17. The van der Waals surface area contributed by atoms with Crippen molar-refractivity contribution < 1.29 is 14.6 Å².